The molecular formula is C23H22FN5O3S. The summed E-state index contributed by atoms with van der Waals surface area (Å²) in [4.78, 5) is 24.2. The van der Waals surface area contributed by atoms with Gasteiger partial charge in [-0.25, -0.2) is 19.3 Å². The van der Waals surface area contributed by atoms with Crippen molar-refractivity contribution in [3.8, 4) is 22.8 Å². The molecule has 0 bridgehead atoms. The van der Waals surface area contributed by atoms with Crippen LogP contribution in [0.25, 0.3) is 22.2 Å². The molecule has 0 radical (unpaired) electrons. The predicted molar refractivity (Wildman–Crippen MR) is 126 cm³/mol. The molecule has 4 rings (SSSR count). The zero-order chi connectivity index (χ0) is 23.5. The summed E-state index contributed by atoms with van der Waals surface area (Å²) in [5.41, 5.74) is 7.08. The standard InChI is InChI=1S/C23H22FN5O3S/c1-4-12(2)32-20-9-17-15(8-19(20)31-3)22(27-11-26-17)28-13-5-6-16(24)14(7-13)18-10-33-23(29-18)21(25)30/h5-12H,4H2,1-3H3,(H2,25,30)(H,26,27,28). The second-order valence-corrected chi connectivity index (χ2v) is 8.16. The van der Waals surface area contributed by atoms with E-state index in [9.17, 15) is 9.18 Å². The number of carbonyl (C=O) groups is 1. The molecule has 1 unspecified atom stereocenters. The van der Waals surface area contributed by atoms with Gasteiger partial charge in [0.05, 0.1) is 24.4 Å². The van der Waals surface area contributed by atoms with E-state index in [0.717, 1.165) is 17.8 Å². The zero-order valence-electron chi connectivity index (χ0n) is 18.3. The minimum absolute atomic E-state index is 0.0224. The minimum Gasteiger partial charge on any atom is -0.493 e. The maximum absolute atomic E-state index is 14.5. The Morgan fingerprint density at radius 3 is 2.76 bits per heavy atom. The molecule has 8 nitrogen and oxygen atoms in total. The number of carbonyl (C=O) groups excluding carboxylic acids is 1. The van der Waals surface area contributed by atoms with Crippen LogP contribution in [0.1, 0.15) is 30.1 Å². The van der Waals surface area contributed by atoms with Crippen molar-refractivity contribution in [3.63, 3.8) is 0 Å². The van der Waals surface area contributed by atoms with Crippen molar-refractivity contribution in [1.82, 2.24) is 15.0 Å². The number of nitrogens with one attached hydrogen (secondary N) is 1. The van der Waals surface area contributed by atoms with Gasteiger partial charge in [0.25, 0.3) is 5.91 Å². The topological polar surface area (TPSA) is 112 Å². The summed E-state index contributed by atoms with van der Waals surface area (Å²) in [6.07, 6.45) is 2.31. The van der Waals surface area contributed by atoms with Gasteiger partial charge in [0, 0.05) is 28.1 Å². The Balaban J connectivity index is 1.71. The number of aromatic nitrogens is 3. The van der Waals surface area contributed by atoms with E-state index >= 15 is 0 Å². The van der Waals surface area contributed by atoms with Gasteiger partial charge in [0.1, 0.15) is 18.0 Å². The molecule has 4 aromatic rings. The van der Waals surface area contributed by atoms with Crippen molar-refractivity contribution in [1.29, 1.82) is 0 Å². The van der Waals surface area contributed by atoms with E-state index in [-0.39, 0.29) is 16.7 Å². The summed E-state index contributed by atoms with van der Waals surface area (Å²) in [5.74, 6) is 0.549. The molecule has 2 heterocycles. The fourth-order valence-corrected chi connectivity index (χ4v) is 3.83. The highest BCUT2D eigenvalue weighted by Gasteiger charge is 2.16. The number of halogens is 1. The third kappa shape index (κ3) is 4.70. The molecule has 0 aliphatic heterocycles. The minimum atomic E-state index is -0.654. The molecule has 33 heavy (non-hydrogen) atoms. The highest BCUT2D eigenvalue weighted by molar-refractivity contribution is 7.12. The van der Waals surface area contributed by atoms with Crippen LogP contribution in [-0.2, 0) is 0 Å². The van der Waals surface area contributed by atoms with Gasteiger partial charge >= 0.3 is 0 Å². The van der Waals surface area contributed by atoms with E-state index < -0.39 is 11.7 Å². The number of primary amides is 1. The number of fused-ring (bicyclic) bond motifs is 1. The summed E-state index contributed by atoms with van der Waals surface area (Å²) < 4.78 is 26.0. The van der Waals surface area contributed by atoms with Gasteiger partial charge < -0.3 is 20.5 Å². The summed E-state index contributed by atoms with van der Waals surface area (Å²) in [6, 6.07) is 8.12. The molecule has 170 valence electrons. The number of thiazole rings is 1. The highest BCUT2D eigenvalue weighted by atomic mass is 32.1. The monoisotopic (exact) mass is 467 g/mol. The van der Waals surface area contributed by atoms with E-state index in [4.69, 9.17) is 15.2 Å². The molecule has 0 aliphatic rings. The molecule has 0 spiro atoms. The fourth-order valence-electron chi connectivity index (χ4n) is 3.16. The van der Waals surface area contributed by atoms with Crippen molar-refractivity contribution < 1.29 is 18.7 Å². The molecule has 0 fully saturated rings. The first kappa shape index (κ1) is 22.4. The van der Waals surface area contributed by atoms with Crippen LogP contribution in [0.2, 0.25) is 0 Å². The number of hydrogen-bond donors (Lipinski definition) is 2. The number of nitrogens with two attached hydrogens (primary N) is 1. The molecule has 0 saturated carbocycles. The van der Waals surface area contributed by atoms with Crippen molar-refractivity contribution >= 4 is 39.7 Å². The van der Waals surface area contributed by atoms with Gasteiger partial charge in [0.2, 0.25) is 0 Å². The number of methoxy groups -OCH3 is 1. The van der Waals surface area contributed by atoms with Gasteiger partial charge in [-0.2, -0.15) is 0 Å². The fraction of sp³-hybridized carbons (Fsp3) is 0.217. The lowest BCUT2D eigenvalue weighted by Gasteiger charge is -2.17. The number of hydrogen-bond acceptors (Lipinski definition) is 8. The summed E-state index contributed by atoms with van der Waals surface area (Å²) in [5, 5.41) is 5.62. The number of benzene rings is 2. The Hall–Kier alpha value is -3.79. The molecule has 1 amide bonds. The van der Waals surface area contributed by atoms with E-state index in [1.165, 1.54) is 12.4 Å². The van der Waals surface area contributed by atoms with E-state index in [1.807, 2.05) is 19.9 Å². The molecule has 2 aromatic heterocycles. The smallest absolute Gasteiger partial charge is 0.277 e. The van der Waals surface area contributed by atoms with Crippen LogP contribution < -0.4 is 20.5 Å². The van der Waals surface area contributed by atoms with Crippen LogP contribution in [0.5, 0.6) is 11.5 Å². The van der Waals surface area contributed by atoms with Crippen LogP contribution in [0.3, 0.4) is 0 Å². The predicted octanol–water partition coefficient (Wildman–Crippen LogP) is 4.92. The maximum Gasteiger partial charge on any atom is 0.277 e. The normalized spacial score (nSPS) is 11.9. The number of amides is 1. The highest BCUT2D eigenvalue weighted by Crippen LogP contribution is 2.36. The Morgan fingerprint density at radius 2 is 2.06 bits per heavy atom. The molecule has 0 aliphatic carbocycles. The van der Waals surface area contributed by atoms with Gasteiger partial charge in [-0.3, -0.25) is 4.79 Å². The van der Waals surface area contributed by atoms with E-state index in [2.05, 4.69) is 20.3 Å². The van der Waals surface area contributed by atoms with Crippen LogP contribution >= 0.6 is 11.3 Å². The second kappa shape index (κ2) is 9.37. The Kier molecular flexibility index (Phi) is 6.36. The molecule has 3 N–H and O–H groups in total. The number of rotatable bonds is 8. The largest absolute Gasteiger partial charge is 0.493 e. The average Bonchev–Trinajstić information content (AvgIpc) is 3.30. The Bertz CT molecular complexity index is 1330. The van der Waals surface area contributed by atoms with Crippen LogP contribution in [-0.4, -0.2) is 34.1 Å². The summed E-state index contributed by atoms with van der Waals surface area (Å²) >= 11 is 1.06. The Labute approximate surface area is 193 Å². The summed E-state index contributed by atoms with van der Waals surface area (Å²) in [6.45, 7) is 4.02. The SMILES string of the molecule is CCC(C)Oc1cc2ncnc(Nc3ccc(F)c(-c4csc(C(N)=O)n4)c3)c2cc1OC. The molecule has 1 atom stereocenters. The lowest BCUT2D eigenvalue weighted by atomic mass is 10.1. The van der Waals surface area contributed by atoms with Crippen molar-refractivity contribution in [3.05, 3.63) is 52.9 Å². The van der Waals surface area contributed by atoms with E-state index in [0.29, 0.717) is 39.6 Å². The van der Waals surface area contributed by atoms with Crippen molar-refractivity contribution in [2.75, 3.05) is 12.4 Å². The molecule has 2 aromatic carbocycles. The first-order chi connectivity index (χ1) is 15.9. The van der Waals surface area contributed by atoms with Gasteiger partial charge in [-0.15, -0.1) is 11.3 Å². The molecule has 10 heteroatoms. The first-order valence-electron chi connectivity index (χ1n) is 10.2. The number of anilines is 2. The van der Waals surface area contributed by atoms with Gasteiger partial charge in [0.15, 0.2) is 16.5 Å². The molecular weight excluding hydrogens is 445 g/mol. The lowest BCUT2D eigenvalue weighted by molar-refractivity contribution is 0.1000. The quantitative estimate of drug-likeness (QED) is 0.378. The van der Waals surface area contributed by atoms with Gasteiger partial charge in [-0.1, -0.05) is 6.92 Å². The molecule has 0 saturated heterocycles. The second-order valence-electron chi connectivity index (χ2n) is 7.30. The lowest BCUT2D eigenvalue weighted by Crippen LogP contribution is -2.10. The number of ether oxygens (including phenoxy) is 2. The van der Waals surface area contributed by atoms with Crippen LogP contribution in [0.15, 0.2) is 42.0 Å². The average molecular weight is 468 g/mol. The van der Waals surface area contributed by atoms with Crippen molar-refractivity contribution in [2.24, 2.45) is 5.73 Å². The maximum atomic E-state index is 14.5. The van der Waals surface area contributed by atoms with Crippen LogP contribution in [0, 0.1) is 5.82 Å². The van der Waals surface area contributed by atoms with E-state index in [1.54, 1.807) is 30.7 Å². The third-order valence-electron chi connectivity index (χ3n) is 5.04. The van der Waals surface area contributed by atoms with Crippen LogP contribution in [0.4, 0.5) is 15.9 Å². The third-order valence-corrected chi connectivity index (χ3v) is 5.90. The number of nitrogens with zero attached hydrogens (tertiary/aromatic N) is 3. The summed E-state index contributed by atoms with van der Waals surface area (Å²) in [7, 11) is 1.57. The first-order valence-corrected chi connectivity index (χ1v) is 11.1. The van der Waals surface area contributed by atoms with Gasteiger partial charge in [-0.05, 0) is 37.6 Å². The zero-order valence-corrected chi connectivity index (χ0v) is 19.1. The Morgan fingerprint density at radius 1 is 1.24 bits per heavy atom. The van der Waals surface area contributed by atoms with Crippen molar-refractivity contribution in [2.45, 2.75) is 26.4 Å².